The van der Waals surface area contributed by atoms with E-state index in [2.05, 4.69) is 48.0 Å². The average Bonchev–Trinajstić information content (AvgIpc) is 3.18. The molecule has 2 fully saturated rings. The van der Waals surface area contributed by atoms with Crippen molar-refractivity contribution in [3.63, 3.8) is 0 Å². The number of likely N-dealkylation sites (tertiary alicyclic amines) is 2. The van der Waals surface area contributed by atoms with Crippen LogP contribution in [0.3, 0.4) is 0 Å². The van der Waals surface area contributed by atoms with Crippen molar-refractivity contribution in [3.8, 4) is 11.5 Å². The molecule has 0 spiro atoms. The highest BCUT2D eigenvalue weighted by atomic mass is 16.4. The summed E-state index contributed by atoms with van der Waals surface area (Å²) in [6.45, 7) is 15.9. The third-order valence-corrected chi connectivity index (χ3v) is 7.74. The predicted octanol–water partition coefficient (Wildman–Crippen LogP) is 5.04. The van der Waals surface area contributed by atoms with Gasteiger partial charge in [0.15, 0.2) is 0 Å². The van der Waals surface area contributed by atoms with E-state index in [9.17, 15) is 4.79 Å². The summed E-state index contributed by atoms with van der Waals surface area (Å²) in [5.74, 6) is 3.59. The van der Waals surface area contributed by atoms with Crippen LogP contribution in [0.5, 0.6) is 0 Å². The number of unbranched alkanes of at least 4 members (excludes halogenated alkanes) is 1. The van der Waals surface area contributed by atoms with Gasteiger partial charge in [0.05, 0.1) is 5.69 Å². The zero-order chi connectivity index (χ0) is 24.8. The fourth-order valence-corrected chi connectivity index (χ4v) is 5.86. The molecule has 2 saturated heterocycles. The van der Waals surface area contributed by atoms with Gasteiger partial charge in [-0.05, 0) is 89.1 Å². The molecule has 35 heavy (non-hydrogen) atoms. The molecule has 0 saturated carbocycles. The first-order valence-electron chi connectivity index (χ1n) is 13.6. The zero-order valence-electron chi connectivity index (χ0n) is 22.2. The third-order valence-electron chi connectivity index (χ3n) is 7.74. The second-order valence-electron chi connectivity index (χ2n) is 11.1. The van der Waals surface area contributed by atoms with E-state index in [1.165, 1.54) is 31.5 Å². The first-order chi connectivity index (χ1) is 16.9. The van der Waals surface area contributed by atoms with E-state index in [0.717, 1.165) is 80.8 Å². The van der Waals surface area contributed by atoms with E-state index in [1.54, 1.807) is 0 Å². The Morgan fingerprint density at radius 1 is 1.06 bits per heavy atom. The maximum atomic E-state index is 12.7. The maximum Gasteiger partial charge on any atom is 0.226 e. The first-order valence-corrected chi connectivity index (χ1v) is 13.6. The van der Waals surface area contributed by atoms with Crippen molar-refractivity contribution in [1.82, 2.24) is 20.1 Å². The highest BCUT2D eigenvalue weighted by Crippen LogP contribution is 2.26. The van der Waals surface area contributed by atoms with Gasteiger partial charge in [-0.2, -0.15) is 0 Å². The van der Waals surface area contributed by atoms with Gasteiger partial charge in [0.1, 0.15) is 5.76 Å². The summed E-state index contributed by atoms with van der Waals surface area (Å²) >= 11 is 0. The Bertz CT molecular complexity index is 953. The van der Waals surface area contributed by atoms with Gasteiger partial charge in [-0.3, -0.25) is 9.69 Å². The molecule has 1 amide bonds. The van der Waals surface area contributed by atoms with Gasteiger partial charge in [0, 0.05) is 37.7 Å². The summed E-state index contributed by atoms with van der Waals surface area (Å²) in [5, 5.41) is 3.20. The molecule has 192 valence electrons. The van der Waals surface area contributed by atoms with Crippen molar-refractivity contribution in [2.45, 2.75) is 66.3 Å². The number of hydrogen-bond donors (Lipinski definition) is 1. The molecule has 1 N–H and O–H groups in total. The highest BCUT2D eigenvalue weighted by molar-refractivity contribution is 5.78. The molecular weight excluding hydrogens is 436 g/mol. The maximum absolute atomic E-state index is 12.7. The van der Waals surface area contributed by atoms with E-state index in [1.807, 2.05) is 19.1 Å². The molecule has 6 heteroatoms. The van der Waals surface area contributed by atoms with Crippen molar-refractivity contribution in [3.05, 3.63) is 41.3 Å². The summed E-state index contributed by atoms with van der Waals surface area (Å²) in [7, 11) is 0. The van der Waals surface area contributed by atoms with Crippen LogP contribution in [0.1, 0.15) is 63.0 Å². The van der Waals surface area contributed by atoms with Crippen LogP contribution >= 0.6 is 0 Å². The van der Waals surface area contributed by atoms with Crippen LogP contribution in [-0.4, -0.2) is 60.0 Å². The van der Waals surface area contributed by atoms with E-state index in [0.29, 0.717) is 5.89 Å². The molecular formula is C29H44N4O2. The van der Waals surface area contributed by atoms with Gasteiger partial charge in [0.2, 0.25) is 11.8 Å². The minimum Gasteiger partial charge on any atom is -0.441 e. The fraction of sp³-hybridized carbons (Fsp3) is 0.655. The lowest BCUT2D eigenvalue weighted by Gasteiger charge is -2.35. The number of benzene rings is 1. The van der Waals surface area contributed by atoms with Gasteiger partial charge in [-0.15, -0.1) is 0 Å². The number of oxazole rings is 1. The van der Waals surface area contributed by atoms with Gasteiger partial charge in [-0.25, -0.2) is 4.98 Å². The van der Waals surface area contributed by atoms with Crippen LogP contribution in [0.2, 0.25) is 0 Å². The molecule has 2 aliphatic heterocycles. The summed E-state index contributed by atoms with van der Waals surface area (Å²) in [6.07, 6.45) is 5.42. The lowest BCUT2D eigenvalue weighted by Crippen LogP contribution is -2.41. The number of carbonyl (C=O) groups excluding carboxylic acids is 1. The van der Waals surface area contributed by atoms with Crippen LogP contribution in [0.25, 0.3) is 11.5 Å². The molecule has 2 atom stereocenters. The number of nitrogens with zero attached hydrogens (tertiary/aromatic N) is 3. The third kappa shape index (κ3) is 7.17. The van der Waals surface area contributed by atoms with Crippen molar-refractivity contribution in [2.75, 3.05) is 39.3 Å². The Kier molecular flexibility index (Phi) is 9.01. The van der Waals surface area contributed by atoms with Gasteiger partial charge >= 0.3 is 0 Å². The Morgan fingerprint density at radius 2 is 1.77 bits per heavy atom. The second-order valence-corrected chi connectivity index (χ2v) is 11.1. The molecule has 0 aliphatic carbocycles. The number of amides is 1. The molecule has 4 rings (SSSR count). The van der Waals surface area contributed by atoms with Gasteiger partial charge < -0.3 is 14.6 Å². The van der Waals surface area contributed by atoms with Crippen LogP contribution in [0.4, 0.5) is 0 Å². The van der Waals surface area contributed by atoms with E-state index in [4.69, 9.17) is 9.40 Å². The van der Waals surface area contributed by atoms with Crippen molar-refractivity contribution in [2.24, 2.45) is 17.8 Å². The van der Waals surface area contributed by atoms with Gasteiger partial charge in [0.25, 0.3) is 0 Å². The average molecular weight is 481 g/mol. The molecule has 3 heterocycles. The molecule has 0 bridgehead atoms. The largest absolute Gasteiger partial charge is 0.441 e. The standard InChI is InChI=1S/C29H44N4O2/c1-21-17-22(2)19-33(18-21)14-8-7-13-30-28(34)25-11-15-32(16-12-25)20-27-24(4)35-29(31-27)26-10-6-5-9-23(26)3/h5-6,9-10,21-22,25H,7-8,11-20H2,1-4H3,(H,30,34)/t21-,22+. The summed E-state index contributed by atoms with van der Waals surface area (Å²) < 4.78 is 5.99. The smallest absolute Gasteiger partial charge is 0.226 e. The second kappa shape index (κ2) is 12.2. The first kappa shape index (κ1) is 25.9. The van der Waals surface area contributed by atoms with Gasteiger partial charge in [-0.1, -0.05) is 32.0 Å². The van der Waals surface area contributed by atoms with Crippen LogP contribution < -0.4 is 5.32 Å². The quantitative estimate of drug-likeness (QED) is 0.509. The van der Waals surface area contributed by atoms with Crippen LogP contribution in [-0.2, 0) is 11.3 Å². The summed E-state index contributed by atoms with van der Waals surface area (Å²) in [4.78, 5) is 22.5. The summed E-state index contributed by atoms with van der Waals surface area (Å²) in [6, 6.07) is 8.20. The predicted molar refractivity (Wildman–Crippen MR) is 141 cm³/mol. The Morgan fingerprint density at radius 3 is 2.49 bits per heavy atom. The molecule has 2 aliphatic rings. The molecule has 2 aromatic rings. The number of piperidine rings is 2. The Hall–Kier alpha value is -2.18. The van der Waals surface area contributed by atoms with E-state index in [-0.39, 0.29) is 11.8 Å². The molecule has 1 aromatic carbocycles. The number of rotatable bonds is 9. The van der Waals surface area contributed by atoms with Crippen molar-refractivity contribution >= 4 is 5.91 Å². The minimum absolute atomic E-state index is 0.135. The number of aromatic nitrogens is 1. The monoisotopic (exact) mass is 480 g/mol. The topological polar surface area (TPSA) is 61.6 Å². The van der Waals surface area contributed by atoms with E-state index < -0.39 is 0 Å². The highest BCUT2D eigenvalue weighted by Gasteiger charge is 2.26. The molecule has 1 aromatic heterocycles. The Balaban J connectivity index is 1.15. The van der Waals surface area contributed by atoms with Crippen LogP contribution in [0, 0.1) is 31.6 Å². The number of nitrogens with one attached hydrogen (secondary N) is 1. The molecule has 0 unspecified atom stereocenters. The number of carbonyl (C=O) groups is 1. The SMILES string of the molecule is Cc1ccccc1-c1nc(CN2CCC(C(=O)NCCCCN3C[C@H](C)C[C@H](C)C3)CC2)c(C)o1. The van der Waals surface area contributed by atoms with E-state index >= 15 is 0 Å². The Labute approximate surface area is 211 Å². The van der Waals surface area contributed by atoms with Crippen LogP contribution in [0.15, 0.2) is 28.7 Å². The lowest BCUT2D eigenvalue weighted by molar-refractivity contribution is -0.126. The van der Waals surface area contributed by atoms with Crippen molar-refractivity contribution in [1.29, 1.82) is 0 Å². The molecule has 0 radical (unpaired) electrons. The fourth-order valence-electron chi connectivity index (χ4n) is 5.86. The normalized spacial score (nSPS) is 22.4. The minimum atomic E-state index is 0.135. The number of hydrogen-bond acceptors (Lipinski definition) is 5. The molecule has 6 nitrogen and oxygen atoms in total. The van der Waals surface area contributed by atoms with Crippen molar-refractivity contribution < 1.29 is 9.21 Å². The number of aryl methyl sites for hydroxylation is 2. The zero-order valence-corrected chi connectivity index (χ0v) is 22.2. The lowest BCUT2D eigenvalue weighted by atomic mass is 9.92. The summed E-state index contributed by atoms with van der Waals surface area (Å²) in [5.41, 5.74) is 3.23.